The Hall–Kier alpha value is -2.96. The summed E-state index contributed by atoms with van der Waals surface area (Å²) in [4.78, 5) is 18.0. The van der Waals surface area contributed by atoms with Crippen LogP contribution in [0.3, 0.4) is 0 Å². The van der Waals surface area contributed by atoms with E-state index in [2.05, 4.69) is 28.0 Å². The molecule has 0 fully saturated rings. The van der Waals surface area contributed by atoms with Gasteiger partial charge in [-0.1, -0.05) is 71.2 Å². The summed E-state index contributed by atoms with van der Waals surface area (Å²) in [7, 11) is 0. The number of nitrogens with zero attached hydrogens (tertiary/aromatic N) is 3. The molecule has 33 heavy (non-hydrogen) atoms. The second-order valence-electron chi connectivity index (χ2n) is 7.57. The second kappa shape index (κ2) is 10.8. The minimum absolute atomic E-state index is 0.196. The van der Waals surface area contributed by atoms with Crippen molar-refractivity contribution in [2.75, 3.05) is 0 Å². The highest BCUT2D eigenvalue weighted by molar-refractivity contribution is 9.10. The van der Waals surface area contributed by atoms with E-state index in [1.807, 2.05) is 60.7 Å². The molecule has 1 heterocycles. The van der Waals surface area contributed by atoms with E-state index in [1.165, 1.54) is 4.68 Å². The van der Waals surface area contributed by atoms with E-state index in [4.69, 9.17) is 21.3 Å². The molecular weight excluding hydrogens is 502 g/mol. The van der Waals surface area contributed by atoms with Crippen molar-refractivity contribution < 1.29 is 4.74 Å². The Labute approximate surface area is 205 Å². The lowest BCUT2D eigenvalue weighted by Crippen LogP contribution is -2.22. The Kier molecular flexibility index (Phi) is 7.57. The lowest BCUT2D eigenvalue weighted by atomic mass is 10.2. The molecule has 0 aliphatic rings. The number of hydrogen-bond donors (Lipinski definition) is 0. The van der Waals surface area contributed by atoms with Gasteiger partial charge in [0.15, 0.2) is 0 Å². The number of para-hydroxylation sites is 1. The molecule has 4 aromatic rings. The van der Waals surface area contributed by atoms with Gasteiger partial charge < -0.3 is 4.74 Å². The quantitative estimate of drug-likeness (QED) is 0.244. The molecule has 0 aliphatic carbocycles. The van der Waals surface area contributed by atoms with Crippen LogP contribution < -0.4 is 10.3 Å². The predicted molar refractivity (Wildman–Crippen MR) is 138 cm³/mol. The summed E-state index contributed by atoms with van der Waals surface area (Å²) in [5, 5.41) is 5.71. The van der Waals surface area contributed by atoms with Crippen LogP contribution in [0.1, 0.15) is 36.7 Å². The molecule has 0 atom stereocenters. The van der Waals surface area contributed by atoms with Crippen LogP contribution in [-0.4, -0.2) is 15.9 Å². The Morgan fingerprint density at radius 2 is 1.91 bits per heavy atom. The second-order valence-corrected chi connectivity index (χ2v) is 8.90. The third-order valence-electron chi connectivity index (χ3n) is 5.20. The van der Waals surface area contributed by atoms with E-state index in [0.717, 1.165) is 28.4 Å². The lowest BCUT2D eigenvalue weighted by molar-refractivity contribution is 0.306. The third-order valence-corrected chi connectivity index (χ3v) is 6.06. The first-order chi connectivity index (χ1) is 16.1. The summed E-state index contributed by atoms with van der Waals surface area (Å²) in [5.41, 5.74) is 2.13. The maximum atomic E-state index is 13.3. The molecule has 0 saturated carbocycles. The summed E-state index contributed by atoms with van der Waals surface area (Å²) < 4.78 is 8.24. The number of unbranched alkanes of at least 4 members (excludes halogenated alkanes) is 1. The average molecular weight is 525 g/mol. The van der Waals surface area contributed by atoms with Gasteiger partial charge in [0.25, 0.3) is 5.56 Å². The van der Waals surface area contributed by atoms with Gasteiger partial charge in [0.05, 0.1) is 17.1 Å². The first kappa shape index (κ1) is 23.2. The number of fused-ring (bicyclic) bond motifs is 1. The number of rotatable bonds is 8. The molecule has 0 bridgehead atoms. The smallest absolute Gasteiger partial charge is 0.282 e. The van der Waals surface area contributed by atoms with Crippen LogP contribution >= 0.6 is 27.5 Å². The van der Waals surface area contributed by atoms with Gasteiger partial charge in [-0.25, -0.2) is 4.98 Å². The first-order valence-corrected chi connectivity index (χ1v) is 11.9. The lowest BCUT2D eigenvalue weighted by Gasteiger charge is -2.11. The normalized spacial score (nSPS) is 11.4. The minimum atomic E-state index is -0.196. The fourth-order valence-electron chi connectivity index (χ4n) is 3.42. The maximum Gasteiger partial charge on any atom is 0.282 e. The van der Waals surface area contributed by atoms with Crippen molar-refractivity contribution in [1.29, 1.82) is 0 Å². The molecule has 0 spiro atoms. The molecule has 1 aromatic heterocycles. The van der Waals surface area contributed by atoms with Crippen LogP contribution in [0.4, 0.5) is 0 Å². The van der Waals surface area contributed by atoms with Gasteiger partial charge in [0, 0.05) is 27.0 Å². The minimum Gasteiger partial charge on any atom is -0.488 e. The Morgan fingerprint density at radius 1 is 1.12 bits per heavy atom. The molecular formula is C26H23BrClN3O2. The number of benzene rings is 3. The fourth-order valence-corrected chi connectivity index (χ4v) is 3.97. The first-order valence-electron chi connectivity index (χ1n) is 10.8. The van der Waals surface area contributed by atoms with Crippen molar-refractivity contribution >= 4 is 44.6 Å². The Morgan fingerprint density at radius 3 is 2.73 bits per heavy atom. The van der Waals surface area contributed by atoms with Crippen molar-refractivity contribution in [2.45, 2.75) is 32.8 Å². The fraction of sp³-hybridized carbons (Fsp3) is 0.192. The van der Waals surface area contributed by atoms with Crippen LogP contribution in [0.25, 0.3) is 10.9 Å². The van der Waals surface area contributed by atoms with E-state index in [-0.39, 0.29) is 5.56 Å². The van der Waals surface area contributed by atoms with Gasteiger partial charge in [-0.3, -0.25) is 4.79 Å². The molecule has 0 saturated heterocycles. The monoisotopic (exact) mass is 523 g/mol. The van der Waals surface area contributed by atoms with Crippen LogP contribution in [0.2, 0.25) is 5.02 Å². The van der Waals surface area contributed by atoms with E-state index in [1.54, 1.807) is 12.3 Å². The highest BCUT2D eigenvalue weighted by Gasteiger charge is 2.11. The molecule has 0 unspecified atom stereocenters. The SMILES string of the molecule is CCCCc1nc2ccc(Br)cc2c(=O)n1N=Cc1ccccc1OCc1ccccc1Cl. The van der Waals surface area contributed by atoms with Gasteiger partial charge >= 0.3 is 0 Å². The van der Waals surface area contributed by atoms with Gasteiger partial charge in [-0.2, -0.15) is 9.78 Å². The Bertz CT molecular complexity index is 1370. The summed E-state index contributed by atoms with van der Waals surface area (Å²) in [6, 6.07) is 20.7. The van der Waals surface area contributed by atoms with Gasteiger partial charge in [0.2, 0.25) is 0 Å². The Balaban J connectivity index is 1.69. The predicted octanol–water partition coefficient (Wildman–Crippen LogP) is 6.62. The highest BCUT2D eigenvalue weighted by Crippen LogP contribution is 2.21. The summed E-state index contributed by atoms with van der Waals surface area (Å²) in [5.74, 6) is 1.29. The van der Waals surface area contributed by atoms with Crippen LogP contribution in [0.5, 0.6) is 5.75 Å². The molecule has 168 valence electrons. The zero-order chi connectivity index (χ0) is 23.2. The number of aromatic nitrogens is 2. The molecule has 5 nitrogen and oxygen atoms in total. The van der Waals surface area contributed by atoms with Crippen LogP contribution in [-0.2, 0) is 13.0 Å². The molecule has 4 rings (SSSR count). The number of aryl methyl sites for hydroxylation is 1. The number of hydrogen-bond acceptors (Lipinski definition) is 4. The van der Waals surface area contributed by atoms with Gasteiger partial charge in [-0.15, -0.1) is 0 Å². The molecule has 0 amide bonds. The van der Waals surface area contributed by atoms with Gasteiger partial charge in [-0.05, 0) is 42.8 Å². The molecule has 0 radical (unpaired) electrons. The molecule has 3 aromatic carbocycles. The van der Waals surface area contributed by atoms with Crippen molar-refractivity contribution in [1.82, 2.24) is 9.66 Å². The van der Waals surface area contributed by atoms with Crippen molar-refractivity contribution in [3.63, 3.8) is 0 Å². The van der Waals surface area contributed by atoms with Crippen molar-refractivity contribution in [3.8, 4) is 5.75 Å². The maximum absolute atomic E-state index is 13.3. The van der Waals surface area contributed by atoms with E-state index in [0.29, 0.717) is 40.5 Å². The summed E-state index contributed by atoms with van der Waals surface area (Å²) >= 11 is 9.69. The van der Waals surface area contributed by atoms with Crippen LogP contribution in [0.15, 0.2) is 81.1 Å². The van der Waals surface area contributed by atoms with E-state index < -0.39 is 0 Å². The average Bonchev–Trinajstić information content (AvgIpc) is 2.83. The molecule has 0 aliphatic heterocycles. The van der Waals surface area contributed by atoms with Crippen molar-refractivity contribution in [3.05, 3.63) is 104 Å². The summed E-state index contributed by atoms with van der Waals surface area (Å²) in [6.45, 7) is 2.44. The zero-order valence-electron chi connectivity index (χ0n) is 18.2. The highest BCUT2D eigenvalue weighted by atomic mass is 79.9. The number of ether oxygens (including phenoxy) is 1. The molecule has 0 N–H and O–H groups in total. The standard InChI is InChI=1S/C26H23BrClN3O2/c1-2-3-12-25-30-23-14-13-20(27)15-21(23)26(32)31(25)29-16-18-8-5-7-11-24(18)33-17-19-9-4-6-10-22(19)28/h4-11,13-16H,2-3,12,17H2,1H3. The largest absolute Gasteiger partial charge is 0.488 e. The topological polar surface area (TPSA) is 56.5 Å². The summed E-state index contributed by atoms with van der Waals surface area (Å²) in [6.07, 6.45) is 4.22. The van der Waals surface area contributed by atoms with Crippen LogP contribution in [0, 0.1) is 0 Å². The van der Waals surface area contributed by atoms with E-state index in [9.17, 15) is 4.79 Å². The zero-order valence-corrected chi connectivity index (χ0v) is 20.5. The third kappa shape index (κ3) is 5.52. The van der Waals surface area contributed by atoms with Crippen molar-refractivity contribution in [2.24, 2.45) is 5.10 Å². The van der Waals surface area contributed by atoms with Gasteiger partial charge in [0.1, 0.15) is 18.2 Å². The van der Waals surface area contributed by atoms with E-state index >= 15 is 0 Å². The number of halogens is 2. The molecule has 7 heteroatoms.